The Hall–Kier alpha value is -2.63. The molecule has 24 heavy (non-hydrogen) atoms. The number of rotatable bonds is 4. The predicted octanol–water partition coefficient (Wildman–Crippen LogP) is 2.15. The molecule has 2 aromatic rings. The van der Waals surface area contributed by atoms with Crippen molar-refractivity contribution < 1.29 is 9.53 Å². The van der Waals surface area contributed by atoms with Crippen LogP contribution in [0.3, 0.4) is 0 Å². The molecule has 1 aromatic carbocycles. The highest BCUT2D eigenvalue weighted by Gasteiger charge is 2.22. The van der Waals surface area contributed by atoms with E-state index in [0.29, 0.717) is 13.1 Å². The van der Waals surface area contributed by atoms with Crippen molar-refractivity contribution in [1.82, 2.24) is 14.9 Å². The SMILES string of the molecule is COC(=O)N1CCN(c2ccnc(CCc3ccccc3)n2)CC1. The fourth-order valence-corrected chi connectivity index (χ4v) is 2.83. The summed E-state index contributed by atoms with van der Waals surface area (Å²) in [5.41, 5.74) is 1.29. The number of amides is 1. The molecule has 0 unspecified atom stereocenters. The van der Waals surface area contributed by atoms with Gasteiger partial charge in [0.2, 0.25) is 0 Å². The number of nitrogens with zero attached hydrogens (tertiary/aromatic N) is 4. The van der Waals surface area contributed by atoms with Crippen LogP contribution in [0.2, 0.25) is 0 Å². The third-order valence-corrected chi connectivity index (χ3v) is 4.21. The van der Waals surface area contributed by atoms with Gasteiger partial charge in [0, 0.05) is 38.8 Å². The summed E-state index contributed by atoms with van der Waals surface area (Å²) in [6.07, 6.45) is 3.30. The number of piperazine rings is 1. The maximum Gasteiger partial charge on any atom is 0.409 e. The molecule has 1 aliphatic heterocycles. The zero-order valence-electron chi connectivity index (χ0n) is 13.9. The number of ether oxygens (including phenoxy) is 1. The summed E-state index contributed by atoms with van der Waals surface area (Å²) in [6.45, 7) is 2.81. The Kier molecular flexibility index (Phi) is 5.25. The first kappa shape index (κ1) is 16.2. The highest BCUT2D eigenvalue weighted by molar-refractivity contribution is 5.67. The number of methoxy groups -OCH3 is 1. The van der Waals surface area contributed by atoms with Gasteiger partial charge in [-0.15, -0.1) is 0 Å². The molecular weight excluding hydrogens is 304 g/mol. The predicted molar refractivity (Wildman–Crippen MR) is 92.1 cm³/mol. The molecule has 0 bridgehead atoms. The zero-order chi connectivity index (χ0) is 16.8. The Bertz CT molecular complexity index is 670. The average molecular weight is 326 g/mol. The molecule has 0 spiro atoms. The summed E-state index contributed by atoms with van der Waals surface area (Å²) >= 11 is 0. The van der Waals surface area contributed by atoms with E-state index in [0.717, 1.165) is 37.6 Å². The van der Waals surface area contributed by atoms with Crippen LogP contribution in [-0.2, 0) is 17.6 Å². The number of hydrogen-bond acceptors (Lipinski definition) is 5. The first-order chi connectivity index (χ1) is 11.8. The minimum atomic E-state index is -0.263. The van der Waals surface area contributed by atoms with Gasteiger partial charge in [-0.05, 0) is 18.1 Å². The summed E-state index contributed by atoms with van der Waals surface area (Å²) in [5, 5.41) is 0. The van der Waals surface area contributed by atoms with E-state index in [2.05, 4.69) is 27.0 Å². The van der Waals surface area contributed by atoms with Crippen molar-refractivity contribution in [3.63, 3.8) is 0 Å². The van der Waals surface area contributed by atoms with Crippen LogP contribution < -0.4 is 4.90 Å². The Morgan fingerprint density at radius 2 is 1.83 bits per heavy atom. The first-order valence-electron chi connectivity index (χ1n) is 8.20. The van der Waals surface area contributed by atoms with Gasteiger partial charge in [0.05, 0.1) is 7.11 Å². The van der Waals surface area contributed by atoms with E-state index in [9.17, 15) is 4.79 Å². The fraction of sp³-hybridized carbons (Fsp3) is 0.389. The van der Waals surface area contributed by atoms with Crippen molar-refractivity contribution in [2.24, 2.45) is 0 Å². The van der Waals surface area contributed by atoms with Crippen LogP contribution in [0.4, 0.5) is 10.6 Å². The highest BCUT2D eigenvalue weighted by Crippen LogP contribution is 2.14. The zero-order valence-corrected chi connectivity index (χ0v) is 13.9. The van der Waals surface area contributed by atoms with Gasteiger partial charge < -0.3 is 14.5 Å². The van der Waals surface area contributed by atoms with E-state index in [1.54, 1.807) is 4.90 Å². The van der Waals surface area contributed by atoms with Gasteiger partial charge in [-0.1, -0.05) is 30.3 Å². The van der Waals surface area contributed by atoms with Gasteiger partial charge in [-0.25, -0.2) is 14.8 Å². The van der Waals surface area contributed by atoms with Crippen LogP contribution in [0.1, 0.15) is 11.4 Å². The Balaban J connectivity index is 1.58. The number of aryl methyl sites for hydroxylation is 2. The third-order valence-electron chi connectivity index (χ3n) is 4.21. The summed E-state index contributed by atoms with van der Waals surface area (Å²) in [6, 6.07) is 12.3. The number of carbonyl (C=O) groups is 1. The van der Waals surface area contributed by atoms with Crippen LogP contribution in [0.25, 0.3) is 0 Å². The average Bonchev–Trinajstić information content (AvgIpc) is 2.67. The standard InChI is InChI=1S/C18H22N4O2/c1-24-18(23)22-13-11-21(12-14-22)17-9-10-19-16(20-17)8-7-15-5-3-2-4-6-15/h2-6,9-10H,7-8,11-14H2,1H3. The maximum absolute atomic E-state index is 11.5. The third kappa shape index (κ3) is 4.01. The molecule has 1 aliphatic rings. The lowest BCUT2D eigenvalue weighted by Gasteiger charge is -2.34. The second kappa shape index (κ2) is 7.77. The molecule has 0 atom stereocenters. The molecule has 0 saturated carbocycles. The molecule has 0 aliphatic carbocycles. The second-order valence-electron chi connectivity index (χ2n) is 5.76. The normalized spacial score (nSPS) is 14.5. The molecule has 6 nitrogen and oxygen atoms in total. The molecule has 1 fully saturated rings. The molecule has 0 radical (unpaired) electrons. The lowest BCUT2D eigenvalue weighted by Crippen LogP contribution is -2.49. The second-order valence-corrected chi connectivity index (χ2v) is 5.76. The van der Waals surface area contributed by atoms with E-state index < -0.39 is 0 Å². The Morgan fingerprint density at radius 3 is 2.54 bits per heavy atom. The molecule has 3 rings (SSSR count). The van der Waals surface area contributed by atoms with Crippen LogP contribution in [0, 0.1) is 0 Å². The monoisotopic (exact) mass is 326 g/mol. The quantitative estimate of drug-likeness (QED) is 0.862. The largest absolute Gasteiger partial charge is 0.453 e. The van der Waals surface area contributed by atoms with Gasteiger partial charge in [0.1, 0.15) is 11.6 Å². The lowest BCUT2D eigenvalue weighted by molar-refractivity contribution is 0.121. The van der Waals surface area contributed by atoms with E-state index in [1.807, 2.05) is 30.5 Å². The van der Waals surface area contributed by atoms with Crippen molar-refractivity contribution >= 4 is 11.9 Å². The van der Waals surface area contributed by atoms with Crippen LogP contribution >= 0.6 is 0 Å². The molecule has 1 saturated heterocycles. The van der Waals surface area contributed by atoms with Gasteiger partial charge in [-0.3, -0.25) is 0 Å². The summed E-state index contributed by atoms with van der Waals surface area (Å²) in [5.74, 6) is 1.78. The molecular formula is C18H22N4O2. The number of anilines is 1. The fourth-order valence-electron chi connectivity index (χ4n) is 2.83. The van der Waals surface area contributed by atoms with E-state index in [-0.39, 0.29) is 6.09 Å². The van der Waals surface area contributed by atoms with E-state index in [4.69, 9.17) is 4.74 Å². The maximum atomic E-state index is 11.5. The van der Waals surface area contributed by atoms with Crippen molar-refractivity contribution in [3.05, 3.63) is 54.0 Å². The van der Waals surface area contributed by atoms with Gasteiger partial charge in [0.15, 0.2) is 0 Å². The van der Waals surface area contributed by atoms with Crippen LogP contribution in [-0.4, -0.2) is 54.2 Å². The van der Waals surface area contributed by atoms with Crippen molar-refractivity contribution in [2.75, 3.05) is 38.2 Å². The van der Waals surface area contributed by atoms with Crippen molar-refractivity contribution in [3.8, 4) is 0 Å². The molecule has 1 aromatic heterocycles. The molecule has 2 heterocycles. The smallest absolute Gasteiger partial charge is 0.409 e. The molecule has 1 amide bonds. The minimum absolute atomic E-state index is 0.263. The highest BCUT2D eigenvalue weighted by atomic mass is 16.5. The van der Waals surface area contributed by atoms with E-state index >= 15 is 0 Å². The number of benzene rings is 1. The van der Waals surface area contributed by atoms with Gasteiger partial charge in [0.25, 0.3) is 0 Å². The van der Waals surface area contributed by atoms with Crippen molar-refractivity contribution in [2.45, 2.75) is 12.8 Å². The first-order valence-corrected chi connectivity index (χ1v) is 8.20. The molecule has 126 valence electrons. The van der Waals surface area contributed by atoms with Crippen molar-refractivity contribution in [1.29, 1.82) is 0 Å². The summed E-state index contributed by atoms with van der Waals surface area (Å²) in [7, 11) is 1.41. The van der Waals surface area contributed by atoms with E-state index in [1.165, 1.54) is 12.7 Å². The molecule has 6 heteroatoms. The Labute approximate surface area is 142 Å². The number of hydrogen-bond donors (Lipinski definition) is 0. The molecule has 0 N–H and O–H groups in total. The van der Waals surface area contributed by atoms with Gasteiger partial charge >= 0.3 is 6.09 Å². The van der Waals surface area contributed by atoms with Crippen LogP contribution in [0.5, 0.6) is 0 Å². The topological polar surface area (TPSA) is 58.6 Å². The lowest BCUT2D eigenvalue weighted by atomic mass is 10.1. The Morgan fingerprint density at radius 1 is 1.08 bits per heavy atom. The minimum Gasteiger partial charge on any atom is -0.453 e. The summed E-state index contributed by atoms with van der Waals surface area (Å²) in [4.78, 5) is 24.5. The number of carbonyl (C=O) groups excluding carboxylic acids is 1. The number of aromatic nitrogens is 2. The van der Waals surface area contributed by atoms with Crippen LogP contribution in [0.15, 0.2) is 42.6 Å². The summed E-state index contributed by atoms with van der Waals surface area (Å²) < 4.78 is 4.77. The van der Waals surface area contributed by atoms with Gasteiger partial charge in [-0.2, -0.15) is 0 Å².